The molecule has 2 aliphatic carbocycles. The lowest BCUT2D eigenvalue weighted by molar-refractivity contribution is -0.134. The number of aromatic amines is 2. The Hall–Kier alpha value is -6.95. The van der Waals surface area contributed by atoms with E-state index in [1.807, 2.05) is 66.4 Å². The molecule has 300 valence electrons. The molecule has 12 heteroatoms. The van der Waals surface area contributed by atoms with Crippen molar-refractivity contribution in [3.8, 4) is 22.3 Å². The third kappa shape index (κ3) is 6.25. The molecule has 0 bridgehead atoms. The normalized spacial score (nSPS) is 23.0. The first kappa shape index (κ1) is 36.2. The number of fused-ring (bicyclic) bond motifs is 4. The van der Waals surface area contributed by atoms with Crippen molar-refractivity contribution in [1.82, 2.24) is 35.2 Å². The first-order chi connectivity index (χ1) is 29.3. The number of carbonyl (C=O) groups is 3. The summed E-state index contributed by atoms with van der Waals surface area (Å²) in [4.78, 5) is 61.4. The number of amides is 4. The van der Waals surface area contributed by atoms with E-state index >= 15 is 0 Å². The van der Waals surface area contributed by atoms with Crippen molar-refractivity contribution in [1.29, 1.82) is 0 Å². The molecule has 4 heterocycles. The van der Waals surface area contributed by atoms with Gasteiger partial charge in [-0.1, -0.05) is 84.9 Å². The van der Waals surface area contributed by atoms with E-state index in [-0.39, 0.29) is 36.0 Å². The molecule has 4 fully saturated rings. The fraction of sp³-hybridized carbons (Fsp3) is 0.271. The number of piperidine rings is 2. The van der Waals surface area contributed by atoms with E-state index in [1.165, 1.54) is 12.1 Å². The number of carbonyl (C=O) groups excluding carboxylic acids is 3. The van der Waals surface area contributed by atoms with Gasteiger partial charge >= 0.3 is 12.1 Å². The maximum Gasteiger partial charge on any atom is 0.426 e. The molecule has 12 nitrogen and oxygen atoms in total. The minimum absolute atomic E-state index is 0.0450. The number of para-hydroxylation sites is 1. The van der Waals surface area contributed by atoms with Crippen molar-refractivity contribution in [2.45, 2.75) is 62.7 Å². The number of rotatable bonds is 7. The highest BCUT2D eigenvalue weighted by Gasteiger charge is 2.57. The van der Waals surface area contributed by atoms with Gasteiger partial charge in [-0.2, -0.15) is 5.01 Å². The molecule has 60 heavy (non-hydrogen) atoms. The van der Waals surface area contributed by atoms with E-state index in [4.69, 9.17) is 14.7 Å². The van der Waals surface area contributed by atoms with Gasteiger partial charge in [-0.05, 0) is 109 Å². The molecule has 0 spiro atoms. The highest BCUT2D eigenvalue weighted by molar-refractivity contribution is 5.95. The van der Waals surface area contributed by atoms with Gasteiger partial charge < -0.3 is 24.5 Å². The van der Waals surface area contributed by atoms with Gasteiger partial charge in [-0.15, -0.1) is 0 Å². The predicted molar refractivity (Wildman–Crippen MR) is 229 cm³/mol. The number of likely N-dealkylation sites (tertiary alicyclic amines) is 2. The molecular formula is C48H44N8O4. The van der Waals surface area contributed by atoms with Crippen molar-refractivity contribution in [2.24, 2.45) is 11.8 Å². The van der Waals surface area contributed by atoms with E-state index in [0.717, 1.165) is 87.2 Å². The zero-order valence-electron chi connectivity index (χ0n) is 33.3. The van der Waals surface area contributed by atoms with E-state index in [1.54, 1.807) is 12.1 Å². The van der Waals surface area contributed by atoms with Gasteiger partial charge in [-0.25, -0.2) is 25.0 Å². The topological polar surface area (TPSA) is 140 Å². The lowest BCUT2D eigenvalue weighted by Crippen LogP contribution is -2.53. The zero-order chi connectivity index (χ0) is 40.6. The second-order valence-electron chi connectivity index (χ2n) is 16.8. The zero-order valence-corrected chi connectivity index (χ0v) is 33.3. The van der Waals surface area contributed by atoms with Crippen molar-refractivity contribution in [3.63, 3.8) is 0 Å². The van der Waals surface area contributed by atoms with Crippen LogP contribution in [-0.4, -0.2) is 67.0 Å². The summed E-state index contributed by atoms with van der Waals surface area (Å²) in [7, 11) is 1.28. The van der Waals surface area contributed by atoms with Crippen molar-refractivity contribution < 1.29 is 19.1 Å². The molecule has 7 atom stereocenters. The molecule has 2 saturated heterocycles. The predicted octanol–water partition coefficient (Wildman–Crippen LogP) is 9.27. The Labute approximate surface area is 346 Å². The summed E-state index contributed by atoms with van der Waals surface area (Å²) in [6.07, 6.45) is 3.03. The third-order valence-corrected chi connectivity index (χ3v) is 13.1. The summed E-state index contributed by atoms with van der Waals surface area (Å²) < 4.78 is 4.85. The summed E-state index contributed by atoms with van der Waals surface area (Å²) >= 11 is 0. The minimum Gasteiger partial charge on any atom is -0.452 e. The number of methoxy groups -OCH3 is 1. The maximum absolute atomic E-state index is 14.2. The second-order valence-corrected chi connectivity index (χ2v) is 16.8. The summed E-state index contributed by atoms with van der Waals surface area (Å²) in [5, 5.41) is 1.26. The highest BCUT2D eigenvalue weighted by atomic mass is 16.5. The van der Waals surface area contributed by atoms with Crippen molar-refractivity contribution in [3.05, 3.63) is 139 Å². The molecule has 2 saturated carbocycles. The molecule has 2 aliphatic heterocycles. The van der Waals surface area contributed by atoms with Crippen LogP contribution in [-0.2, 0) is 9.53 Å². The third-order valence-electron chi connectivity index (χ3n) is 13.1. The van der Waals surface area contributed by atoms with Crippen molar-refractivity contribution >= 4 is 45.8 Å². The van der Waals surface area contributed by atoms with Crippen molar-refractivity contribution in [2.75, 3.05) is 12.1 Å². The molecule has 4 amide bonds. The number of hydrazine groups is 1. The Morgan fingerprint density at radius 2 is 1.17 bits per heavy atom. The van der Waals surface area contributed by atoms with Crippen LogP contribution in [0.15, 0.2) is 121 Å². The maximum atomic E-state index is 14.2. The number of imidazole rings is 2. The molecule has 5 aromatic carbocycles. The number of nitrogens with zero attached hydrogens (tertiary/aromatic N) is 5. The largest absolute Gasteiger partial charge is 0.452 e. The molecule has 4 aliphatic rings. The van der Waals surface area contributed by atoms with Gasteiger partial charge in [0, 0.05) is 12.1 Å². The average Bonchev–Trinajstić information content (AvgIpc) is 3.95. The Morgan fingerprint density at radius 3 is 1.72 bits per heavy atom. The van der Waals surface area contributed by atoms with Gasteiger partial charge in [0.25, 0.3) is 0 Å². The molecule has 0 radical (unpaired) electrons. The van der Waals surface area contributed by atoms with Crippen LogP contribution in [0.25, 0.3) is 44.3 Å². The monoisotopic (exact) mass is 796 g/mol. The number of nitrogens with one attached hydrogen (secondary N) is 3. The van der Waals surface area contributed by atoms with E-state index < -0.39 is 6.09 Å². The molecule has 3 N–H and O–H groups in total. The van der Waals surface area contributed by atoms with E-state index in [2.05, 4.69) is 74.9 Å². The number of benzene rings is 5. The smallest absolute Gasteiger partial charge is 0.426 e. The Bertz CT molecular complexity index is 2790. The van der Waals surface area contributed by atoms with Crippen LogP contribution in [0.1, 0.15) is 67.8 Å². The van der Waals surface area contributed by atoms with Crippen LogP contribution in [0.3, 0.4) is 0 Å². The fourth-order valence-electron chi connectivity index (χ4n) is 9.74. The Morgan fingerprint density at radius 1 is 0.667 bits per heavy atom. The van der Waals surface area contributed by atoms with Gasteiger partial charge in [0.15, 0.2) is 0 Å². The Kier molecular flexibility index (Phi) is 8.50. The van der Waals surface area contributed by atoms with Crippen LogP contribution in [0, 0.1) is 11.8 Å². The molecule has 2 aromatic heterocycles. The molecule has 0 unspecified atom stereocenters. The van der Waals surface area contributed by atoms with Crippen LogP contribution in [0.4, 0.5) is 15.3 Å². The van der Waals surface area contributed by atoms with Crippen LogP contribution >= 0.6 is 0 Å². The number of anilines is 1. The number of ether oxygens (including phenoxy) is 1. The average molecular weight is 797 g/mol. The SMILES string of the molecule is COC(=O)NN(C(=O)N1[C@H](c2nc3ccc(-c4ccc(-c5ccc6nc([C@@H]7C[C@@H]8C[C@@H]8N7C(=O)[C@H](C)c7ccccc7)[nH]c6c5)cc4)cc3[nH]2)C[C@@H]2C[C@@H]21)c1ccccc1. The summed E-state index contributed by atoms with van der Waals surface area (Å²) in [6.45, 7) is 2.01. The lowest BCUT2D eigenvalue weighted by atomic mass is 9.99. The van der Waals surface area contributed by atoms with Gasteiger partial charge in [0.2, 0.25) is 5.91 Å². The summed E-state index contributed by atoms with van der Waals surface area (Å²) in [5.41, 5.74) is 12.1. The number of hydrogen-bond donors (Lipinski definition) is 3. The standard InChI is InChI=1S/C48H44N8O4/c1-27(28-9-5-3-6-10-28)46(57)54-40-23-33(40)25-42(54)44-49-36-19-17-31(21-38(36)51-44)29-13-15-30(16-14-29)32-18-20-37-39(22-32)52-45(50-37)43-26-34-24-41(34)55(43)48(59)56(53-47(58)60-2)35-11-7-4-8-12-35/h3-22,27,33-34,40-43H,23-26H2,1-2H3,(H,49,51)(H,50,52)(H,53,58)/t27-,33+,34+,40+,41+,42+,43+/m1/s1. The molecule has 7 aromatic rings. The highest BCUT2D eigenvalue weighted by Crippen LogP contribution is 2.55. The number of urea groups is 1. The quantitative estimate of drug-likeness (QED) is 0.138. The van der Waals surface area contributed by atoms with Gasteiger partial charge in [0.05, 0.1) is 52.9 Å². The van der Waals surface area contributed by atoms with Gasteiger partial charge in [0.1, 0.15) is 11.6 Å². The van der Waals surface area contributed by atoms with Crippen LogP contribution in [0.2, 0.25) is 0 Å². The fourth-order valence-corrected chi connectivity index (χ4v) is 9.74. The van der Waals surface area contributed by atoms with Gasteiger partial charge in [-0.3, -0.25) is 4.79 Å². The first-order valence-electron chi connectivity index (χ1n) is 20.8. The van der Waals surface area contributed by atoms with E-state index in [9.17, 15) is 14.4 Å². The first-order valence-corrected chi connectivity index (χ1v) is 20.8. The molecule has 11 rings (SSSR count). The van der Waals surface area contributed by atoms with Crippen LogP contribution in [0.5, 0.6) is 0 Å². The Balaban J connectivity index is 0.813. The second kappa shape index (κ2) is 14.1. The minimum atomic E-state index is -0.723. The number of aromatic nitrogens is 4. The number of H-pyrrole nitrogens is 2. The summed E-state index contributed by atoms with van der Waals surface area (Å²) in [5.74, 6) is 2.51. The number of hydrogen-bond acceptors (Lipinski definition) is 6. The lowest BCUT2D eigenvalue weighted by Gasteiger charge is -2.32. The van der Waals surface area contributed by atoms with Crippen LogP contribution < -0.4 is 10.4 Å². The summed E-state index contributed by atoms with van der Waals surface area (Å²) in [6, 6.07) is 39.9. The molecular weight excluding hydrogens is 753 g/mol. The van der Waals surface area contributed by atoms with E-state index in [0.29, 0.717) is 23.6 Å².